The van der Waals surface area contributed by atoms with Crippen LogP contribution in [0.25, 0.3) is 11.1 Å². The molecular weight excluding hydrogens is 387 g/mol. The first kappa shape index (κ1) is 18.9. The number of nitrogens with one attached hydrogen (secondary N) is 1. The standard InChI is InChI=1S/C21H23FN6O2/c1-12-9-15-17(27-21(2)5-6-21)25-18(26-19(15)30-12)20(29)28-7-3-13(4-8-28)16-23-10-14(22)11-24-16/h9-11,13H,3-8H2,1-2H3,(H,25,26,27). The van der Waals surface area contributed by atoms with Crippen LogP contribution >= 0.6 is 0 Å². The van der Waals surface area contributed by atoms with Crippen molar-refractivity contribution in [3.05, 3.63) is 41.7 Å². The van der Waals surface area contributed by atoms with E-state index in [2.05, 4.69) is 32.2 Å². The average Bonchev–Trinajstić information content (AvgIpc) is 3.33. The van der Waals surface area contributed by atoms with Crippen molar-refractivity contribution < 1.29 is 13.6 Å². The van der Waals surface area contributed by atoms with E-state index in [1.165, 1.54) is 12.4 Å². The fourth-order valence-electron chi connectivity index (χ4n) is 3.85. The number of aromatic nitrogens is 4. The van der Waals surface area contributed by atoms with E-state index in [1.807, 2.05) is 13.0 Å². The van der Waals surface area contributed by atoms with E-state index < -0.39 is 5.82 Å². The van der Waals surface area contributed by atoms with Crippen LogP contribution in [0.4, 0.5) is 10.2 Å². The number of furan rings is 1. The molecule has 5 rings (SSSR count). The third-order valence-electron chi connectivity index (χ3n) is 5.92. The summed E-state index contributed by atoms with van der Waals surface area (Å²) in [7, 11) is 0. The number of rotatable bonds is 4. The van der Waals surface area contributed by atoms with E-state index in [4.69, 9.17) is 4.42 Å². The SMILES string of the molecule is Cc1cc2c(NC3(C)CC3)nc(C(=O)N3CCC(c4ncc(F)cn4)CC3)nc2o1. The molecule has 1 aliphatic carbocycles. The molecule has 8 nitrogen and oxygen atoms in total. The van der Waals surface area contributed by atoms with Gasteiger partial charge in [0.2, 0.25) is 11.5 Å². The maximum Gasteiger partial charge on any atom is 0.291 e. The number of likely N-dealkylation sites (tertiary alicyclic amines) is 1. The Labute approximate surface area is 172 Å². The second-order valence-electron chi connectivity index (χ2n) is 8.48. The van der Waals surface area contributed by atoms with Gasteiger partial charge >= 0.3 is 0 Å². The molecule has 1 saturated carbocycles. The molecule has 0 aromatic carbocycles. The summed E-state index contributed by atoms with van der Waals surface area (Å²) in [5.41, 5.74) is 0.437. The van der Waals surface area contributed by atoms with Gasteiger partial charge in [0, 0.05) is 24.5 Å². The maximum atomic E-state index is 13.1. The minimum absolute atomic E-state index is 0.0142. The molecule has 0 bridgehead atoms. The zero-order chi connectivity index (χ0) is 20.9. The van der Waals surface area contributed by atoms with Gasteiger partial charge in [0.05, 0.1) is 17.8 Å². The van der Waals surface area contributed by atoms with Gasteiger partial charge in [-0.15, -0.1) is 0 Å². The van der Waals surface area contributed by atoms with Crippen molar-refractivity contribution in [2.24, 2.45) is 0 Å². The van der Waals surface area contributed by atoms with Crippen LogP contribution in [-0.2, 0) is 0 Å². The Hall–Kier alpha value is -3.10. The molecule has 30 heavy (non-hydrogen) atoms. The number of anilines is 1. The van der Waals surface area contributed by atoms with Crippen LogP contribution in [0, 0.1) is 12.7 Å². The molecule has 1 amide bonds. The number of nitrogens with zero attached hydrogens (tertiary/aromatic N) is 5. The molecule has 156 valence electrons. The molecule has 1 N–H and O–H groups in total. The molecule has 0 atom stereocenters. The second kappa shape index (κ2) is 7.00. The fraction of sp³-hybridized carbons (Fsp3) is 0.476. The minimum atomic E-state index is -0.448. The Bertz CT molecular complexity index is 1100. The van der Waals surface area contributed by atoms with Crippen LogP contribution in [0.1, 0.15) is 60.7 Å². The summed E-state index contributed by atoms with van der Waals surface area (Å²) in [6, 6.07) is 1.89. The van der Waals surface area contributed by atoms with Crippen molar-refractivity contribution in [1.82, 2.24) is 24.8 Å². The van der Waals surface area contributed by atoms with Crippen molar-refractivity contribution in [3.8, 4) is 0 Å². The van der Waals surface area contributed by atoms with Crippen molar-refractivity contribution >= 4 is 22.8 Å². The fourth-order valence-corrected chi connectivity index (χ4v) is 3.85. The highest BCUT2D eigenvalue weighted by Gasteiger charge is 2.38. The molecule has 0 unspecified atom stereocenters. The average molecular weight is 410 g/mol. The quantitative estimate of drug-likeness (QED) is 0.704. The molecule has 9 heteroatoms. The van der Waals surface area contributed by atoms with Crippen LogP contribution in [0.2, 0.25) is 0 Å². The summed E-state index contributed by atoms with van der Waals surface area (Å²) in [5.74, 6) is 1.59. The summed E-state index contributed by atoms with van der Waals surface area (Å²) in [6.07, 6.45) is 5.92. The number of amides is 1. The zero-order valence-electron chi connectivity index (χ0n) is 17.0. The number of aryl methyl sites for hydroxylation is 1. The van der Waals surface area contributed by atoms with E-state index in [9.17, 15) is 9.18 Å². The molecule has 0 spiro atoms. The lowest BCUT2D eigenvalue weighted by Gasteiger charge is -2.30. The number of hydrogen-bond acceptors (Lipinski definition) is 7. The van der Waals surface area contributed by atoms with Crippen LogP contribution in [0.15, 0.2) is 22.9 Å². The second-order valence-corrected chi connectivity index (χ2v) is 8.48. The normalized spacial score (nSPS) is 18.6. The smallest absolute Gasteiger partial charge is 0.291 e. The summed E-state index contributed by atoms with van der Waals surface area (Å²) in [4.78, 5) is 32.0. The molecule has 1 aliphatic heterocycles. The van der Waals surface area contributed by atoms with Gasteiger partial charge in [0.1, 0.15) is 17.4 Å². The highest BCUT2D eigenvalue weighted by molar-refractivity contribution is 5.95. The van der Waals surface area contributed by atoms with Crippen LogP contribution in [0.3, 0.4) is 0 Å². The van der Waals surface area contributed by atoms with E-state index >= 15 is 0 Å². The molecule has 0 radical (unpaired) electrons. The molecule has 2 fully saturated rings. The Balaban J connectivity index is 1.35. The maximum absolute atomic E-state index is 13.1. The van der Waals surface area contributed by atoms with Crippen molar-refractivity contribution in [3.63, 3.8) is 0 Å². The monoisotopic (exact) mass is 410 g/mol. The first-order valence-corrected chi connectivity index (χ1v) is 10.2. The predicted molar refractivity (Wildman–Crippen MR) is 108 cm³/mol. The van der Waals surface area contributed by atoms with E-state index in [0.29, 0.717) is 43.3 Å². The number of halogens is 1. The van der Waals surface area contributed by atoms with Gasteiger partial charge in [0.15, 0.2) is 5.82 Å². The number of carbonyl (C=O) groups excluding carboxylic acids is 1. The zero-order valence-corrected chi connectivity index (χ0v) is 17.0. The highest BCUT2D eigenvalue weighted by atomic mass is 19.1. The Morgan fingerprint density at radius 1 is 1.23 bits per heavy atom. The number of hydrogen-bond donors (Lipinski definition) is 1. The predicted octanol–water partition coefficient (Wildman–Crippen LogP) is 3.44. The lowest BCUT2D eigenvalue weighted by Crippen LogP contribution is -2.39. The minimum Gasteiger partial charge on any atom is -0.443 e. The third-order valence-corrected chi connectivity index (χ3v) is 5.92. The van der Waals surface area contributed by atoms with E-state index in [0.717, 1.165) is 24.0 Å². The van der Waals surface area contributed by atoms with Crippen LogP contribution in [-0.4, -0.2) is 49.4 Å². The molecule has 3 aromatic heterocycles. The molecule has 3 aromatic rings. The van der Waals surface area contributed by atoms with Crippen molar-refractivity contribution in [1.29, 1.82) is 0 Å². The molecule has 2 aliphatic rings. The van der Waals surface area contributed by atoms with Gasteiger partial charge in [0.25, 0.3) is 5.91 Å². The van der Waals surface area contributed by atoms with Crippen LogP contribution < -0.4 is 5.32 Å². The molecule has 1 saturated heterocycles. The van der Waals surface area contributed by atoms with Gasteiger partial charge in [-0.05, 0) is 45.6 Å². The summed E-state index contributed by atoms with van der Waals surface area (Å²) >= 11 is 0. The first-order chi connectivity index (χ1) is 14.4. The molecule has 4 heterocycles. The third kappa shape index (κ3) is 3.59. The Kier molecular flexibility index (Phi) is 4.41. The van der Waals surface area contributed by atoms with Crippen molar-refractivity contribution in [2.45, 2.75) is 51.0 Å². The summed E-state index contributed by atoms with van der Waals surface area (Å²) in [6.45, 7) is 5.08. The van der Waals surface area contributed by atoms with Gasteiger partial charge in [-0.3, -0.25) is 4.79 Å². The topological polar surface area (TPSA) is 97.0 Å². The number of carbonyl (C=O) groups is 1. The van der Waals surface area contributed by atoms with Crippen LogP contribution in [0.5, 0.6) is 0 Å². The molecular formula is C21H23FN6O2. The number of piperidine rings is 1. The van der Waals surface area contributed by atoms with Gasteiger partial charge in [-0.25, -0.2) is 19.3 Å². The van der Waals surface area contributed by atoms with Gasteiger partial charge < -0.3 is 14.6 Å². The first-order valence-electron chi connectivity index (χ1n) is 10.2. The largest absolute Gasteiger partial charge is 0.443 e. The van der Waals surface area contributed by atoms with Crippen molar-refractivity contribution in [2.75, 3.05) is 18.4 Å². The lowest BCUT2D eigenvalue weighted by atomic mass is 9.96. The van der Waals surface area contributed by atoms with Gasteiger partial charge in [-0.2, -0.15) is 4.98 Å². The summed E-state index contributed by atoms with van der Waals surface area (Å²) < 4.78 is 18.8. The van der Waals surface area contributed by atoms with E-state index in [-0.39, 0.29) is 23.2 Å². The Morgan fingerprint density at radius 3 is 2.60 bits per heavy atom. The lowest BCUT2D eigenvalue weighted by molar-refractivity contribution is 0.0698. The Morgan fingerprint density at radius 2 is 1.93 bits per heavy atom. The highest BCUT2D eigenvalue weighted by Crippen LogP contribution is 2.39. The summed E-state index contributed by atoms with van der Waals surface area (Å²) in [5, 5.41) is 4.25. The van der Waals surface area contributed by atoms with E-state index in [1.54, 1.807) is 4.90 Å². The number of fused-ring (bicyclic) bond motifs is 1. The van der Waals surface area contributed by atoms with Gasteiger partial charge in [-0.1, -0.05) is 0 Å².